The quantitative estimate of drug-likeness (QED) is 0.618. The van der Waals surface area contributed by atoms with Crippen LogP contribution in [0.15, 0.2) is 71.0 Å². The lowest BCUT2D eigenvalue weighted by atomic mass is 10.1. The zero-order valence-electron chi connectivity index (χ0n) is 17.3. The highest BCUT2D eigenvalue weighted by Gasteiger charge is 2.28. The fourth-order valence-electron chi connectivity index (χ4n) is 3.55. The van der Waals surface area contributed by atoms with Gasteiger partial charge in [-0.15, -0.1) is 0 Å². The molecule has 7 heteroatoms. The molecule has 1 aliphatic heterocycles. The standard InChI is InChI=1S/C24H22N2O5/c1-29-20-10-9-16(15-22(20)30-2)14-18(25-23(27)21-8-5-13-31-21)24(28)26-12-11-17-6-3-4-7-19(17)26/h3-10,13-15H,11-12H2,1-2H3,(H,25,27)/b18-14-. The first-order chi connectivity index (χ1) is 15.1. The second-order valence-electron chi connectivity index (χ2n) is 6.94. The van der Waals surface area contributed by atoms with Crippen molar-refractivity contribution < 1.29 is 23.5 Å². The number of rotatable bonds is 6. The molecule has 3 aromatic rings. The summed E-state index contributed by atoms with van der Waals surface area (Å²) in [6.45, 7) is 0.540. The Morgan fingerprint density at radius 3 is 2.58 bits per heavy atom. The normalized spacial score (nSPS) is 13.0. The van der Waals surface area contributed by atoms with Gasteiger partial charge in [0, 0.05) is 12.2 Å². The highest BCUT2D eigenvalue weighted by molar-refractivity contribution is 6.12. The van der Waals surface area contributed by atoms with Crippen LogP contribution in [0.1, 0.15) is 21.7 Å². The number of hydrogen-bond donors (Lipinski definition) is 1. The number of methoxy groups -OCH3 is 2. The van der Waals surface area contributed by atoms with Crippen LogP contribution in [-0.2, 0) is 11.2 Å². The van der Waals surface area contributed by atoms with Crippen LogP contribution < -0.4 is 19.7 Å². The highest BCUT2D eigenvalue weighted by atomic mass is 16.5. The van der Waals surface area contributed by atoms with Gasteiger partial charge in [0.1, 0.15) is 5.70 Å². The average molecular weight is 418 g/mol. The van der Waals surface area contributed by atoms with Crippen molar-refractivity contribution in [3.8, 4) is 11.5 Å². The van der Waals surface area contributed by atoms with E-state index in [0.717, 1.165) is 17.7 Å². The second kappa shape index (κ2) is 8.79. The molecule has 1 aliphatic rings. The second-order valence-corrected chi connectivity index (χ2v) is 6.94. The molecular formula is C24H22N2O5. The molecule has 2 amide bonds. The minimum Gasteiger partial charge on any atom is -0.493 e. The number of hydrogen-bond acceptors (Lipinski definition) is 5. The van der Waals surface area contributed by atoms with E-state index in [4.69, 9.17) is 13.9 Å². The zero-order valence-corrected chi connectivity index (χ0v) is 17.3. The van der Waals surface area contributed by atoms with Crippen molar-refractivity contribution in [2.45, 2.75) is 6.42 Å². The maximum atomic E-state index is 13.5. The number of nitrogens with one attached hydrogen (secondary N) is 1. The van der Waals surface area contributed by atoms with E-state index < -0.39 is 5.91 Å². The number of fused-ring (bicyclic) bond motifs is 1. The Labute approximate surface area is 179 Å². The van der Waals surface area contributed by atoms with Crippen LogP contribution >= 0.6 is 0 Å². The summed E-state index contributed by atoms with van der Waals surface area (Å²) in [5.74, 6) is 0.401. The largest absolute Gasteiger partial charge is 0.493 e. The molecule has 0 bridgehead atoms. The fraction of sp³-hybridized carbons (Fsp3) is 0.167. The summed E-state index contributed by atoms with van der Waals surface area (Å²) in [6.07, 6.45) is 3.79. The number of anilines is 1. The Bertz CT molecular complexity index is 1130. The average Bonchev–Trinajstić information content (AvgIpc) is 3.48. The van der Waals surface area contributed by atoms with E-state index in [9.17, 15) is 9.59 Å². The van der Waals surface area contributed by atoms with Crippen molar-refractivity contribution in [1.82, 2.24) is 5.32 Å². The maximum absolute atomic E-state index is 13.5. The lowest BCUT2D eigenvalue weighted by Gasteiger charge is -2.20. The van der Waals surface area contributed by atoms with Crippen LogP contribution in [0.3, 0.4) is 0 Å². The van der Waals surface area contributed by atoms with Crippen molar-refractivity contribution >= 4 is 23.6 Å². The van der Waals surface area contributed by atoms with Gasteiger partial charge in [0.2, 0.25) is 0 Å². The molecule has 0 spiro atoms. The van der Waals surface area contributed by atoms with Crippen molar-refractivity contribution in [3.05, 3.63) is 83.4 Å². The van der Waals surface area contributed by atoms with E-state index in [1.165, 1.54) is 13.4 Å². The van der Waals surface area contributed by atoms with Gasteiger partial charge in [-0.05, 0) is 54.0 Å². The van der Waals surface area contributed by atoms with E-state index in [2.05, 4.69) is 5.32 Å². The number of furan rings is 1. The lowest BCUT2D eigenvalue weighted by molar-refractivity contribution is -0.115. The zero-order chi connectivity index (χ0) is 21.8. The molecule has 4 rings (SSSR count). The number of para-hydroxylation sites is 1. The minimum atomic E-state index is -0.502. The predicted octanol–water partition coefficient (Wildman–Crippen LogP) is 3.66. The monoisotopic (exact) mass is 418 g/mol. The van der Waals surface area contributed by atoms with E-state index in [-0.39, 0.29) is 17.4 Å². The highest BCUT2D eigenvalue weighted by Crippen LogP contribution is 2.30. The topological polar surface area (TPSA) is 81.0 Å². The van der Waals surface area contributed by atoms with Gasteiger partial charge in [-0.3, -0.25) is 9.59 Å². The summed E-state index contributed by atoms with van der Waals surface area (Å²) in [6, 6.07) is 16.2. The smallest absolute Gasteiger partial charge is 0.291 e. The van der Waals surface area contributed by atoms with Gasteiger partial charge in [0.05, 0.1) is 20.5 Å². The fourth-order valence-corrected chi connectivity index (χ4v) is 3.55. The maximum Gasteiger partial charge on any atom is 0.291 e. The Morgan fingerprint density at radius 2 is 1.84 bits per heavy atom. The Morgan fingerprint density at radius 1 is 1.03 bits per heavy atom. The summed E-state index contributed by atoms with van der Waals surface area (Å²) < 4.78 is 15.8. The molecule has 7 nitrogen and oxygen atoms in total. The molecule has 0 radical (unpaired) electrons. The van der Waals surface area contributed by atoms with Crippen molar-refractivity contribution in [2.24, 2.45) is 0 Å². The van der Waals surface area contributed by atoms with E-state index in [1.807, 2.05) is 24.3 Å². The van der Waals surface area contributed by atoms with Gasteiger partial charge in [-0.25, -0.2) is 0 Å². The third kappa shape index (κ3) is 4.16. The first kappa shape index (κ1) is 20.3. The van der Waals surface area contributed by atoms with E-state index >= 15 is 0 Å². The number of benzene rings is 2. The summed E-state index contributed by atoms with van der Waals surface area (Å²) in [4.78, 5) is 27.8. The number of amides is 2. The molecular weight excluding hydrogens is 396 g/mol. The van der Waals surface area contributed by atoms with Crippen molar-refractivity contribution in [3.63, 3.8) is 0 Å². The van der Waals surface area contributed by atoms with Crippen molar-refractivity contribution in [2.75, 3.05) is 25.7 Å². The van der Waals surface area contributed by atoms with Crippen LogP contribution in [0.25, 0.3) is 6.08 Å². The van der Waals surface area contributed by atoms with Gasteiger partial charge >= 0.3 is 0 Å². The molecule has 2 heterocycles. The Hall–Kier alpha value is -4.00. The first-order valence-corrected chi connectivity index (χ1v) is 9.79. The van der Waals surface area contributed by atoms with Crippen LogP contribution in [0.5, 0.6) is 11.5 Å². The van der Waals surface area contributed by atoms with Crippen LogP contribution in [-0.4, -0.2) is 32.6 Å². The summed E-state index contributed by atoms with van der Waals surface area (Å²) in [5.41, 5.74) is 2.75. The predicted molar refractivity (Wildman–Crippen MR) is 116 cm³/mol. The summed E-state index contributed by atoms with van der Waals surface area (Å²) in [7, 11) is 3.09. The SMILES string of the molecule is COc1ccc(/C=C(\NC(=O)c2ccco2)C(=O)N2CCc3ccccc32)cc1OC. The van der Waals surface area contributed by atoms with Crippen LogP contribution in [0.2, 0.25) is 0 Å². The van der Waals surface area contributed by atoms with E-state index in [1.54, 1.807) is 48.4 Å². The van der Waals surface area contributed by atoms with Crippen LogP contribution in [0.4, 0.5) is 5.69 Å². The molecule has 0 aliphatic carbocycles. The number of ether oxygens (including phenoxy) is 2. The molecule has 158 valence electrons. The van der Waals surface area contributed by atoms with Crippen molar-refractivity contribution in [1.29, 1.82) is 0 Å². The molecule has 0 unspecified atom stereocenters. The van der Waals surface area contributed by atoms with Crippen LogP contribution in [0, 0.1) is 0 Å². The Balaban J connectivity index is 1.70. The lowest BCUT2D eigenvalue weighted by Crippen LogP contribution is -2.37. The Kier molecular flexibility index (Phi) is 5.75. The summed E-state index contributed by atoms with van der Waals surface area (Å²) in [5, 5.41) is 2.71. The van der Waals surface area contributed by atoms with E-state index in [0.29, 0.717) is 23.6 Å². The van der Waals surface area contributed by atoms with Gasteiger partial charge in [0.25, 0.3) is 11.8 Å². The van der Waals surface area contributed by atoms with Gasteiger partial charge < -0.3 is 24.1 Å². The van der Waals surface area contributed by atoms with Gasteiger partial charge in [-0.1, -0.05) is 24.3 Å². The summed E-state index contributed by atoms with van der Waals surface area (Å²) >= 11 is 0. The molecule has 0 saturated heterocycles. The number of nitrogens with zero attached hydrogens (tertiary/aromatic N) is 1. The molecule has 0 atom stereocenters. The number of carbonyl (C=O) groups excluding carboxylic acids is 2. The molecule has 31 heavy (non-hydrogen) atoms. The molecule has 0 saturated carbocycles. The molecule has 0 fully saturated rings. The molecule has 2 aromatic carbocycles. The molecule has 1 aromatic heterocycles. The van der Waals surface area contributed by atoms with Gasteiger partial charge in [-0.2, -0.15) is 0 Å². The third-order valence-corrected chi connectivity index (χ3v) is 5.07. The minimum absolute atomic E-state index is 0.118. The molecule has 1 N–H and O–H groups in total. The third-order valence-electron chi connectivity index (χ3n) is 5.07. The van der Waals surface area contributed by atoms with Gasteiger partial charge in [0.15, 0.2) is 17.3 Å². The number of carbonyl (C=O) groups is 2. The first-order valence-electron chi connectivity index (χ1n) is 9.79.